The Morgan fingerprint density at radius 3 is 1.79 bits per heavy atom. The molecule has 4 nitrogen and oxygen atoms in total. The second-order valence-corrected chi connectivity index (χ2v) is 4.58. The molecule has 0 aliphatic rings. The molecule has 126 valence electrons. The van der Waals surface area contributed by atoms with Crippen molar-refractivity contribution in [2.24, 2.45) is 0 Å². The molecule has 0 saturated carbocycles. The highest BCUT2D eigenvalue weighted by atomic mass is 19.4. The third-order valence-electron chi connectivity index (χ3n) is 2.88. The number of halogens is 5. The van der Waals surface area contributed by atoms with E-state index in [4.69, 9.17) is 0 Å². The van der Waals surface area contributed by atoms with Crippen molar-refractivity contribution in [1.82, 2.24) is 0 Å². The van der Waals surface area contributed by atoms with Crippen LogP contribution in [0.25, 0.3) is 0 Å². The molecule has 2 amide bonds. The third-order valence-corrected chi connectivity index (χ3v) is 2.88. The first-order valence-corrected chi connectivity index (χ1v) is 6.42. The molecule has 2 aromatic carbocycles. The first kappa shape index (κ1) is 17.4. The lowest BCUT2D eigenvalue weighted by atomic mass is 10.2. The van der Waals surface area contributed by atoms with Crippen LogP contribution in [0.15, 0.2) is 42.5 Å². The van der Waals surface area contributed by atoms with Gasteiger partial charge in [0.2, 0.25) is 0 Å². The van der Waals surface area contributed by atoms with Crippen LogP contribution in [0.3, 0.4) is 0 Å². The summed E-state index contributed by atoms with van der Waals surface area (Å²) in [5, 5.41) is 3.77. The zero-order valence-electron chi connectivity index (χ0n) is 11.7. The van der Waals surface area contributed by atoms with Crippen LogP contribution in [0.2, 0.25) is 0 Å². The van der Waals surface area contributed by atoms with Gasteiger partial charge in [0.25, 0.3) is 0 Å². The number of nitrogens with one attached hydrogen (secondary N) is 2. The highest BCUT2D eigenvalue weighted by Crippen LogP contribution is 2.29. The second-order valence-electron chi connectivity index (χ2n) is 4.58. The Morgan fingerprint density at radius 1 is 0.792 bits per heavy atom. The number of hydrogen-bond donors (Lipinski definition) is 2. The number of carbonyl (C=O) groups is 2. The summed E-state index contributed by atoms with van der Waals surface area (Å²) in [7, 11) is 0. The molecule has 0 atom stereocenters. The fourth-order valence-corrected chi connectivity index (χ4v) is 1.72. The molecule has 0 aromatic heterocycles. The second kappa shape index (κ2) is 6.65. The van der Waals surface area contributed by atoms with Crippen LogP contribution in [0.5, 0.6) is 0 Å². The summed E-state index contributed by atoms with van der Waals surface area (Å²) in [6.07, 6.45) is -4.54. The van der Waals surface area contributed by atoms with E-state index in [1.165, 1.54) is 0 Å². The van der Waals surface area contributed by atoms with Crippen molar-refractivity contribution in [3.05, 3.63) is 59.7 Å². The summed E-state index contributed by atoms with van der Waals surface area (Å²) in [5.74, 6) is -4.83. The van der Waals surface area contributed by atoms with E-state index in [1.54, 1.807) is 5.32 Å². The Bertz CT molecular complexity index is 752. The minimum absolute atomic E-state index is 0.0860. The molecule has 0 spiro atoms. The topological polar surface area (TPSA) is 58.2 Å². The SMILES string of the molecule is O=C(Nc1ccc(C(F)(F)F)cc1)C(=O)Nc1c(F)cccc1F. The molecule has 0 saturated heterocycles. The average Bonchev–Trinajstić information content (AvgIpc) is 2.50. The number of anilines is 2. The van der Waals surface area contributed by atoms with E-state index >= 15 is 0 Å². The number of para-hydroxylation sites is 1. The third kappa shape index (κ3) is 4.06. The summed E-state index contributed by atoms with van der Waals surface area (Å²) in [4.78, 5) is 23.2. The number of rotatable bonds is 2. The van der Waals surface area contributed by atoms with Gasteiger partial charge in [-0.05, 0) is 36.4 Å². The van der Waals surface area contributed by atoms with E-state index in [9.17, 15) is 31.5 Å². The molecule has 0 bridgehead atoms. The molecule has 2 N–H and O–H groups in total. The van der Waals surface area contributed by atoms with Gasteiger partial charge in [-0.3, -0.25) is 9.59 Å². The van der Waals surface area contributed by atoms with Gasteiger partial charge in [0.15, 0.2) is 0 Å². The molecule has 2 aromatic rings. The summed E-state index contributed by atoms with van der Waals surface area (Å²) in [5.41, 5.74) is -1.82. The van der Waals surface area contributed by atoms with Crippen molar-refractivity contribution in [2.75, 3.05) is 10.6 Å². The molecule has 0 radical (unpaired) electrons. The van der Waals surface area contributed by atoms with Crippen LogP contribution >= 0.6 is 0 Å². The molecule has 9 heteroatoms. The fourth-order valence-electron chi connectivity index (χ4n) is 1.72. The minimum atomic E-state index is -4.54. The van der Waals surface area contributed by atoms with Crippen molar-refractivity contribution < 1.29 is 31.5 Å². The van der Waals surface area contributed by atoms with Crippen molar-refractivity contribution in [3.63, 3.8) is 0 Å². The van der Waals surface area contributed by atoms with Gasteiger partial charge in [0.05, 0.1) is 5.56 Å². The smallest absolute Gasteiger partial charge is 0.318 e. The highest BCUT2D eigenvalue weighted by Gasteiger charge is 2.30. The zero-order valence-corrected chi connectivity index (χ0v) is 11.7. The van der Waals surface area contributed by atoms with Gasteiger partial charge in [0, 0.05) is 5.69 Å². The summed E-state index contributed by atoms with van der Waals surface area (Å²) in [6, 6.07) is 6.14. The number of amides is 2. The number of alkyl halides is 3. The normalized spacial score (nSPS) is 11.0. The number of hydrogen-bond acceptors (Lipinski definition) is 2. The maximum Gasteiger partial charge on any atom is 0.416 e. The lowest BCUT2D eigenvalue weighted by Crippen LogP contribution is -2.29. The Morgan fingerprint density at radius 2 is 1.29 bits per heavy atom. The minimum Gasteiger partial charge on any atom is -0.318 e. The Kier molecular flexibility index (Phi) is 4.82. The molecular formula is C15H9F5N2O2. The van der Waals surface area contributed by atoms with E-state index in [-0.39, 0.29) is 5.69 Å². The van der Waals surface area contributed by atoms with E-state index in [1.807, 2.05) is 5.32 Å². The monoisotopic (exact) mass is 344 g/mol. The maximum atomic E-state index is 13.4. The van der Waals surface area contributed by atoms with Crippen LogP contribution in [0, 0.1) is 11.6 Å². The van der Waals surface area contributed by atoms with Gasteiger partial charge in [-0.25, -0.2) is 8.78 Å². The molecule has 24 heavy (non-hydrogen) atoms. The molecule has 0 fully saturated rings. The molecular weight excluding hydrogens is 335 g/mol. The summed E-state index contributed by atoms with van der Waals surface area (Å²) < 4.78 is 63.9. The van der Waals surface area contributed by atoms with E-state index in [0.717, 1.165) is 30.3 Å². The largest absolute Gasteiger partial charge is 0.416 e. The maximum absolute atomic E-state index is 13.4. The van der Waals surface area contributed by atoms with Crippen LogP contribution in [-0.2, 0) is 15.8 Å². The average molecular weight is 344 g/mol. The van der Waals surface area contributed by atoms with Crippen LogP contribution in [-0.4, -0.2) is 11.8 Å². The van der Waals surface area contributed by atoms with E-state index in [2.05, 4.69) is 0 Å². The standard InChI is InChI=1S/C15H9F5N2O2/c16-10-2-1-3-11(17)12(10)22-14(24)13(23)21-9-6-4-8(5-7-9)15(18,19)20/h1-7H,(H,21,23)(H,22,24). The van der Waals surface area contributed by atoms with Crippen molar-refractivity contribution in [2.45, 2.75) is 6.18 Å². The first-order valence-electron chi connectivity index (χ1n) is 6.42. The summed E-state index contributed by atoms with van der Waals surface area (Å²) in [6.45, 7) is 0. The Hall–Kier alpha value is -2.97. The van der Waals surface area contributed by atoms with Crippen LogP contribution in [0.4, 0.5) is 33.3 Å². The predicted molar refractivity (Wildman–Crippen MR) is 75.1 cm³/mol. The highest BCUT2D eigenvalue weighted by molar-refractivity contribution is 6.43. The fraction of sp³-hybridized carbons (Fsp3) is 0.0667. The molecule has 0 aliphatic carbocycles. The number of benzene rings is 2. The summed E-state index contributed by atoms with van der Waals surface area (Å²) >= 11 is 0. The van der Waals surface area contributed by atoms with Gasteiger partial charge < -0.3 is 10.6 Å². The molecule has 0 aliphatic heterocycles. The van der Waals surface area contributed by atoms with E-state index < -0.39 is 40.9 Å². The lowest BCUT2D eigenvalue weighted by Gasteiger charge is -2.09. The Balaban J connectivity index is 2.05. The van der Waals surface area contributed by atoms with Crippen molar-refractivity contribution in [3.8, 4) is 0 Å². The van der Waals surface area contributed by atoms with Gasteiger partial charge >= 0.3 is 18.0 Å². The van der Waals surface area contributed by atoms with Crippen LogP contribution in [0.1, 0.15) is 5.56 Å². The number of carbonyl (C=O) groups excluding carboxylic acids is 2. The lowest BCUT2D eigenvalue weighted by molar-refractivity contribution is -0.137. The van der Waals surface area contributed by atoms with Gasteiger partial charge in [-0.15, -0.1) is 0 Å². The van der Waals surface area contributed by atoms with Crippen LogP contribution < -0.4 is 10.6 Å². The molecule has 0 heterocycles. The quantitative estimate of drug-likeness (QED) is 0.646. The van der Waals surface area contributed by atoms with Crippen molar-refractivity contribution >= 4 is 23.2 Å². The first-order chi connectivity index (χ1) is 11.2. The predicted octanol–water partition coefficient (Wildman–Crippen LogP) is 3.56. The van der Waals surface area contributed by atoms with Gasteiger partial charge in [-0.1, -0.05) is 6.07 Å². The van der Waals surface area contributed by atoms with Gasteiger partial charge in [0.1, 0.15) is 17.3 Å². The zero-order chi connectivity index (χ0) is 17.9. The van der Waals surface area contributed by atoms with Gasteiger partial charge in [-0.2, -0.15) is 13.2 Å². The Labute approximate surface area is 132 Å². The molecule has 0 unspecified atom stereocenters. The molecule has 2 rings (SSSR count). The van der Waals surface area contributed by atoms with Crippen molar-refractivity contribution in [1.29, 1.82) is 0 Å². The van der Waals surface area contributed by atoms with E-state index in [0.29, 0.717) is 12.1 Å².